The van der Waals surface area contributed by atoms with Gasteiger partial charge in [0.05, 0.1) is 6.54 Å². The fourth-order valence-electron chi connectivity index (χ4n) is 1.67. The zero-order valence-electron chi connectivity index (χ0n) is 8.14. The van der Waals surface area contributed by atoms with Crippen LogP contribution in [0.1, 0.15) is 6.92 Å². The van der Waals surface area contributed by atoms with E-state index in [4.69, 9.17) is 4.74 Å². The number of hydrogen-bond donors (Lipinski definition) is 0. The van der Waals surface area contributed by atoms with Crippen LogP contribution in [0.4, 0.5) is 5.69 Å². The molecule has 1 aliphatic heterocycles. The topological polar surface area (TPSA) is 29.5 Å². The highest BCUT2D eigenvalue weighted by Crippen LogP contribution is 2.17. The largest absolute Gasteiger partial charge is 0.459 e. The van der Waals surface area contributed by atoms with Gasteiger partial charge in [-0.3, -0.25) is 4.79 Å². The lowest BCUT2D eigenvalue weighted by Gasteiger charge is -2.31. The summed E-state index contributed by atoms with van der Waals surface area (Å²) >= 11 is 0. The SMILES string of the molecule is CC1CN(c2ccccc2)CC(=O)O1. The summed E-state index contributed by atoms with van der Waals surface area (Å²) in [6.07, 6.45) is -0.0172. The predicted molar refractivity (Wildman–Crippen MR) is 54.2 cm³/mol. The quantitative estimate of drug-likeness (QED) is 0.629. The molecule has 0 spiro atoms. The Hall–Kier alpha value is -1.51. The monoisotopic (exact) mass is 191 g/mol. The van der Waals surface area contributed by atoms with E-state index in [1.54, 1.807) is 0 Å². The smallest absolute Gasteiger partial charge is 0.325 e. The van der Waals surface area contributed by atoms with Gasteiger partial charge in [0.25, 0.3) is 0 Å². The Balaban J connectivity index is 2.15. The number of esters is 1. The van der Waals surface area contributed by atoms with E-state index >= 15 is 0 Å². The molecule has 14 heavy (non-hydrogen) atoms. The van der Waals surface area contributed by atoms with Crippen LogP contribution in [0.5, 0.6) is 0 Å². The summed E-state index contributed by atoms with van der Waals surface area (Å²) in [5.74, 6) is -0.146. The first-order valence-electron chi connectivity index (χ1n) is 4.75. The second-order valence-corrected chi connectivity index (χ2v) is 3.52. The summed E-state index contributed by atoms with van der Waals surface area (Å²) in [6.45, 7) is 3.04. The lowest BCUT2D eigenvalue weighted by molar-refractivity contribution is -0.148. The fourth-order valence-corrected chi connectivity index (χ4v) is 1.67. The number of carbonyl (C=O) groups excluding carboxylic acids is 1. The van der Waals surface area contributed by atoms with Crippen molar-refractivity contribution in [2.45, 2.75) is 13.0 Å². The van der Waals surface area contributed by atoms with Gasteiger partial charge in [-0.2, -0.15) is 0 Å². The summed E-state index contributed by atoms with van der Waals surface area (Å²) in [4.78, 5) is 13.2. The number of ether oxygens (including phenoxy) is 1. The second kappa shape index (κ2) is 3.70. The Morgan fingerprint density at radius 1 is 1.36 bits per heavy atom. The van der Waals surface area contributed by atoms with Crippen molar-refractivity contribution in [1.82, 2.24) is 0 Å². The molecule has 0 saturated carbocycles. The Morgan fingerprint density at radius 2 is 2.07 bits per heavy atom. The fraction of sp³-hybridized carbons (Fsp3) is 0.364. The molecule has 0 N–H and O–H groups in total. The number of cyclic esters (lactones) is 1. The average molecular weight is 191 g/mol. The Morgan fingerprint density at radius 3 is 2.71 bits per heavy atom. The molecule has 1 heterocycles. The first kappa shape index (κ1) is 9.06. The van der Waals surface area contributed by atoms with Crippen LogP contribution in [0.3, 0.4) is 0 Å². The van der Waals surface area contributed by atoms with Gasteiger partial charge in [-0.25, -0.2) is 0 Å². The summed E-state index contributed by atoms with van der Waals surface area (Å²) in [5.41, 5.74) is 1.08. The number of para-hydroxylation sites is 1. The highest BCUT2D eigenvalue weighted by Gasteiger charge is 2.23. The van der Waals surface area contributed by atoms with E-state index in [0.717, 1.165) is 12.2 Å². The van der Waals surface area contributed by atoms with E-state index in [1.807, 2.05) is 42.2 Å². The second-order valence-electron chi connectivity index (χ2n) is 3.52. The van der Waals surface area contributed by atoms with Gasteiger partial charge in [-0.05, 0) is 19.1 Å². The van der Waals surface area contributed by atoms with Gasteiger partial charge in [-0.15, -0.1) is 0 Å². The van der Waals surface area contributed by atoms with Crippen LogP contribution in [0.15, 0.2) is 30.3 Å². The van der Waals surface area contributed by atoms with Crippen LogP contribution in [0.25, 0.3) is 0 Å². The molecule has 1 saturated heterocycles. The van der Waals surface area contributed by atoms with Gasteiger partial charge >= 0.3 is 5.97 Å². The maximum Gasteiger partial charge on any atom is 0.325 e. The molecule has 1 aromatic rings. The molecule has 1 atom stereocenters. The number of nitrogens with zero attached hydrogens (tertiary/aromatic N) is 1. The zero-order valence-corrected chi connectivity index (χ0v) is 8.14. The predicted octanol–water partition coefficient (Wildman–Crippen LogP) is 1.44. The molecule has 0 bridgehead atoms. The molecule has 3 heteroatoms. The Labute approximate surface area is 83.3 Å². The van der Waals surface area contributed by atoms with E-state index in [-0.39, 0.29) is 12.1 Å². The molecule has 1 fully saturated rings. The summed E-state index contributed by atoms with van der Waals surface area (Å²) in [5, 5.41) is 0. The maximum atomic E-state index is 11.2. The minimum atomic E-state index is -0.146. The standard InChI is InChI=1S/C11H13NO2/c1-9-7-12(8-11(13)14-9)10-5-3-2-4-6-10/h2-6,9H,7-8H2,1H3. The highest BCUT2D eigenvalue weighted by molar-refractivity contribution is 5.77. The maximum absolute atomic E-state index is 11.2. The van der Waals surface area contributed by atoms with Crippen molar-refractivity contribution in [3.63, 3.8) is 0 Å². The third-order valence-corrected chi connectivity index (χ3v) is 2.25. The van der Waals surface area contributed by atoms with E-state index in [9.17, 15) is 4.79 Å². The van der Waals surface area contributed by atoms with Crippen LogP contribution in [0, 0.1) is 0 Å². The zero-order chi connectivity index (χ0) is 9.97. The molecule has 1 unspecified atom stereocenters. The molecular formula is C11H13NO2. The molecule has 74 valence electrons. The van der Waals surface area contributed by atoms with Gasteiger partial charge < -0.3 is 9.64 Å². The van der Waals surface area contributed by atoms with Crippen molar-refractivity contribution >= 4 is 11.7 Å². The lowest BCUT2D eigenvalue weighted by atomic mass is 10.2. The van der Waals surface area contributed by atoms with E-state index in [2.05, 4.69) is 0 Å². The highest BCUT2D eigenvalue weighted by atomic mass is 16.5. The Kier molecular flexibility index (Phi) is 2.39. The molecule has 0 aliphatic carbocycles. The number of hydrogen-bond acceptors (Lipinski definition) is 3. The van der Waals surface area contributed by atoms with Crippen molar-refractivity contribution < 1.29 is 9.53 Å². The van der Waals surface area contributed by atoms with Crippen molar-refractivity contribution in [2.24, 2.45) is 0 Å². The molecule has 2 rings (SSSR count). The normalized spacial score (nSPS) is 21.9. The molecule has 0 aromatic heterocycles. The summed E-state index contributed by atoms with van der Waals surface area (Å²) in [6, 6.07) is 9.92. The van der Waals surface area contributed by atoms with E-state index in [1.165, 1.54) is 0 Å². The van der Waals surface area contributed by atoms with E-state index < -0.39 is 0 Å². The third-order valence-electron chi connectivity index (χ3n) is 2.25. The average Bonchev–Trinajstić information content (AvgIpc) is 2.18. The van der Waals surface area contributed by atoms with E-state index in [0.29, 0.717) is 6.54 Å². The number of morpholine rings is 1. The number of carbonyl (C=O) groups is 1. The van der Waals surface area contributed by atoms with Crippen molar-refractivity contribution in [3.8, 4) is 0 Å². The van der Waals surface area contributed by atoms with Crippen LogP contribution in [-0.2, 0) is 9.53 Å². The number of benzene rings is 1. The minimum absolute atomic E-state index is 0.0172. The Bertz CT molecular complexity index is 323. The molecule has 0 radical (unpaired) electrons. The molecule has 1 aromatic carbocycles. The minimum Gasteiger partial charge on any atom is -0.459 e. The van der Waals surface area contributed by atoms with Gasteiger partial charge in [0.15, 0.2) is 0 Å². The summed E-state index contributed by atoms with van der Waals surface area (Å²) in [7, 11) is 0. The number of anilines is 1. The van der Waals surface area contributed by atoms with Gasteiger partial charge in [0, 0.05) is 5.69 Å². The first-order chi connectivity index (χ1) is 6.75. The van der Waals surface area contributed by atoms with Gasteiger partial charge in [0.2, 0.25) is 0 Å². The molecule has 0 amide bonds. The molecule has 1 aliphatic rings. The molecule has 3 nitrogen and oxygen atoms in total. The van der Waals surface area contributed by atoms with Crippen molar-refractivity contribution in [1.29, 1.82) is 0 Å². The van der Waals surface area contributed by atoms with Crippen LogP contribution in [-0.4, -0.2) is 25.2 Å². The third kappa shape index (κ3) is 1.87. The number of rotatable bonds is 1. The van der Waals surface area contributed by atoms with Crippen LogP contribution >= 0.6 is 0 Å². The molecular weight excluding hydrogens is 178 g/mol. The lowest BCUT2D eigenvalue weighted by Crippen LogP contribution is -2.44. The van der Waals surface area contributed by atoms with Gasteiger partial charge in [-0.1, -0.05) is 18.2 Å². The summed E-state index contributed by atoms with van der Waals surface area (Å²) < 4.78 is 5.06. The van der Waals surface area contributed by atoms with Crippen LogP contribution in [0.2, 0.25) is 0 Å². The first-order valence-corrected chi connectivity index (χ1v) is 4.75. The van der Waals surface area contributed by atoms with Crippen molar-refractivity contribution in [3.05, 3.63) is 30.3 Å². The van der Waals surface area contributed by atoms with Crippen molar-refractivity contribution in [2.75, 3.05) is 18.0 Å². The van der Waals surface area contributed by atoms with Crippen LogP contribution < -0.4 is 4.90 Å². The van der Waals surface area contributed by atoms with Gasteiger partial charge in [0.1, 0.15) is 12.6 Å².